The van der Waals surface area contributed by atoms with Crippen LogP contribution in [0.5, 0.6) is 0 Å². The topological polar surface area (TPSA) is 34.1 Å². The van der Waals surface area contributed by atoms with Crippen LogP contribution < -0.4 is 0 Å². The molecule has 1 aliphatic heterocycles. The third-order valence-corrected chi connectivity index (χ3v) is 7.38. The number of allylic oxidation sites excluding steroid dienone is 2. The smallest absolute Gasteiger partial charge is 0.387 e. The van der Waals surface area contributed by atoms with Crippen molar-refractivity contribution in [3.63, 3.8) is 0 Å². The van der Waals surface area contributed by atoms with Crippen molar-refractivity contribution in [2.24, 2.45) is 4.41 Å². The zero-order valence-electron chi connectivity index (χ0n) is 10.7. The Kier molecular flexibility index (Phi) is 3.38. The molecule has 0 atom stereocenters. The van der Waals surface area contributed by atoms with Gasteiger partial charge in [0.2, 0.25) is 0 Å². The van der Waals surface area contributed by atoms with Crippen molar-refractivity contribution < 1.29 is 9.05 Å². The summed E-state index contributed by atoms with van der Waals surface area (Å²) in [4.78, 5) is 0. The summed E-state index contributed by atoms with van der Waals surface area (Å²) in [6.07, 6.45) is 0. The molecule has 0 unspecified atom stereocenters. The number of hydrogen-bond donors (Lipinski definition) is 0. The lowest BCUT2D eigenvalue weighted by Gasteiger charge is -2.27. The molecule has 0 aromatic rings. The monoisotopic (exact) mass is 248 g/mol. The summed E-state index contributed by atoms with van der Waals surface area (Å²) in [6.45, 7) is 10.4. The normalized spacial score (nSPS) is 20.3. The second-order valence-corrected chi connectivity index (χ2v) is 12.2. The van der Waals surface area contributed by atoms with Crippen LogP contribution in [-0.4, -0.2) is 27.0 Å². The van der Waals surface area contributed by atoms with Gasteiger partial charge in [-0.25, -0.2) is 4.67 Å². The van der Waals surface area contributed by atoms with E-state index in [0.717, 1.165) is 11.5 Å². The fraction of sp³-hybridized carbons (Fsp3) is 0.778. The molecule has 0 amide bonds. The van der Waals surface area contributed by atoms with Crippen LogP contribution in [0, 0.1) is 0 Å². The standard InChI is InChI=1S/C9H21N2O2PSi/c1-8-9(2)13-14(12-8,11(3)4)10-15(5,6)7/h1-7H3. The molecule has 15 heavy (non-hydrogen) atoms. The Balaban J connectivity index is 3.12. The lowest BCUT2D eigenvalue weighted by Crippen LogP contribution is -2.20. The van der Waals surface area contributed by atoms with Crippen LogP contribution in [-0.2, 0) is 9.05 Å². The minimum atomic E-state index is -2.21. The van der Waals surface area contributed by atoms with Gasteiger partial charge in [-0.2, -0.15) is 0 Å². The predicted molar refractivity (Wildman–Crippen MR) is 66.9 cm³/mol. The van der Waals surface area contributed by atoms with E-state index in [-0.39, 0.29) is 0 Å². The van der Waals surface area contributed by atoms with Gasteiger partial charge in [0.05, 0.1) is 0 Å². The first-order valence-electron chi connectivity index (χ1n) is 5.04. The van der Waals surface area contributed by atoms with E-state index in [1.54, 1.807) is 0 Å². The van der Waals surface area contributed by atoms with E-state index in [9.17, 15) is 0 Å². The molecule has 0 saturated heterocycles. The molecule has 0 aromatic carbocycles. The van der Waals surface area contributed by atoms with Crippen molar-refractivity contribution in [2.45, 2.75) is 33.5 Å². The van der Waals surface area contributed by atoms with Crippen LogP contribution in [0.2, 0.25) is 19.6 Å². The molecule has 0 bridgehead atoms. The zero-order chi connectivity index (χ0) is 11.9. The second kappa shape index (κ2) is 3.96. The summed E-state index contributed by atoms with van der Waals surface area (Å²) in [5.74, 6) is 1.72. The maximum absolute atomic E-state index is 5.86. The molecule has 0 spiro atoms. The van der Waals surface area contributed by atoms with E-state index < -0.39 is 15.9 Å². The van der Waals surface area contributed by atoms with Crippen molar-refractivity contribution >= 4 is 15.9 Å². The van der Waals surface area contributed by atoms with Gasteiger partial charge in [0.1, 0.15) is 11.5 Å². The highest BCUT2D eigenvalue weighted by molar-refractivity contribution is 7.55. The molecular formula is C9H21N2O2PSi. The molecule has 0 fully saturated rings. The third-order valence-electron chi connectivity index (χ3n) is 1.94. The first-order chi connectivity index (χ1) is 6.66. The number of rotatable bonds is 2. The molecule has 4 nitrogen and oxygen atoms in total. The minimum absolute atomic E-state index is 0.860. The van der Waals surface area contributed by atoms with E-state index in [1.165, 1.54) is 0 Å². The van der Waals surface area contributed by atoms with Crippen molar-refractivity contribution in [1.82, 2.24) is 4.67 Å². The fourth-order valence-corrected chi connectivity index (χ4v) is 6.59. The largest absolute Gasteiger partial charge is 0.421 e. The highest BCUT2D eigenvalue weighted by Crippen LogP contribution is 2.62. The molecular weight excluding hydrogens is 227 g/mol. The lowest BCUT2D eigenvalue weighted by atomic mass is 10.5. The van der Waals surface area contributed by atoms with Gasteiger partial charge in [-0.05, 0) is 47.6 Å². The van der Waals surface area contributed by atoms with Crippen LogP contribution in [0.25, 0.3) is 0 Å². The van der Waals surface area contributed by atoms with Crippen molar-refractivity contribution in [1.29, 1.82) is 0 Å². The van der Waals surface area contributed by atoms with Gasteiger partial charge >= 0.3 is 7.66 Å². The van der Waals surface area contributed by atoms with Crippen molar-refractivity contribution in [3.8, 4) is 0 Å². The molecule has 0 saturated carbocycles. The Labute approximate surface area is 93.6 Å². The summed E-state index contributed by atoms with van der Waals surface area (Å²) in [5.41, 5.74) is 0. The van der Waals surface area contributed by atoms with Gasteiger partial charge in [0.15, 0.2) is 8.24 Å². The SMILES string of the molecule is CC1=C(C)OP(=N[Si](C)(C)C)(N(C)C)O1. The van der Waals surface area contributed by atoms with Crippen LogP contribution in [0.1, 0.15) is 13.8 Å². The first kappa shape index (κ1) is 12.8. The Morgan fingerprint density at radius 2 is 1.47 bits per heavy atom. The van der Waals surface area contributed by atoms with Crippen LogP contribution in [0.15, 0.2) is 15.9 Å². The quantitative estimate of drug-likeness (QED) is 0.553. The minimum Gasteiger partial charge on any atom is -0.421 e. The Morgan fingerprint density at radius 1 is 1.07 bits per heavy atom. The Morgan fingerprint density at radius 3 is 1.73 bits per heavy atom. The molecule has 0 N–H and O–H groups in total. The molecule has 1 aliphatic rings. The highest BCUT2D eigenvalue weighted by Gasteiger charge is 2.37. The van der Waals surface area contributed by atoms with E-state index >= 15 is 0 Å². The molecule has 1 heterocycles. The maximum atomic E-state index is 5.86. The van der Waals surface area contributed by atoms with E-state index in [2.05, 4.69) is 19.6 Å². The van der Waals surface area contributed by atoms with Gasteiger partial charge < -0.3 is 9.05 Å². The molecule has 0 aliphatic carbocycles. The average Bonchev–Trinajstić information content (AvgIpc) is 2.24. The maximum Gasteiger partial charge on any atom is 0.387 e. The van der Waals surface area contributed by atoms with Crippen LogP contribution in [0.3, 0.4) is 0 Å². The third kappa shape index (κ3) is 2.86. The van der Waals surface area contributed by atoms with Crippen LogP contribution >= 0.6 is 7.66 Å². The van der Waals surface area contributed by atoms with Crippen molar-refractivity contribution in [2.75, 3.05) is 14.1 Å². The summed E-state index contributed by atoms with van der Waals surface area (Å²) in [6, 6.07) is 0. The van der Waals surface area contributed by atoms with E-state index in [1.807, 2.05) is 32.6 Å². The van der Waals surface area contributed by atoms with E-state index in [0.29, 0.717) is 0 Å². The molecule has 6 heteroatoms. The molecule has 1 rings (SSSR count). The second-order valence-electron chi connectivity index (χ2n) is 4.90. The fourth-order valence-electron chi connectivity index (χ4n) is 1.18. The van der Waals surface area contributed by atoms with Gasteiger partial charge in [-0.1, -0.05) is 0 Å². The zero-order valence-corrected chi connectivity index (χ0v) is 12.6. The van der Waals surface area contributed by atoms with Crippen molar-refractivity contribution in [3.05, 3.63) is 11.5 Å². The highest BCUT2D eigenvalue weighted by atomic mass is 31.2. The lowest BCUT2D eigenvalue weighted by molar-refractivity contribution is 0.366. The van der Waals surface area contributed by atoms with Crippen LogP contribution in [0.4, 0.5) is 0 Å². The number of nitrogens with zero attached hydrogens (tertiary/aromatic N) is 2. The van der Waals surface area contributed by atoms with E-state index in [4.69, 9.17) is 13.5 Å². The first-order valence-corrected chi connectivity index (χ1v) is 10.0. The summed E-state index contributed by atoms with van der Waals surface area (Å²) in [5, 5.41) is 0. The molecule has 0 radical (unpaired) electrons. The predicted octanol–water partition coefficient (Wildman–Crippen LogP) is 3.63. The van der Waals surface area contributed by atoms with Gasteiger partial charge in [-0.15, -0.1) is 0 Å². The summed E-state index contributed by atoms with van der Waals surface area (Å²) in [7, 11) is 0.156. The van der Waals surface area contributed by atoms with Gasteiger partial charge in [-0.3, -0.25) is 4.41 Å². The average molecular weight is 248 g/mol. The van der Waals surface area contributed by atoms with Gasteiger partial charge in [0, 0.05) is 0 Å². The summed E-state index contributed by atoms with van der Waals surface area (Å²) >= 11 is 0. The molecule has 88 valence electrons. The Hall–Kier alpha value is -0.253. The Bertz CT molecular complexity index is 327. The molecule has 0 aromatic heterocycles. The van der Waals surface area contributed by atoms with Gasteiger partial charge in [0.25, 0.3) is 0 Å². The summed E-state index contributed by atoms with van der Waals surface area (Å²) < 4.78 is 18.5. The number of hydrogen-bond acceptors (Lipinski definition) is 3.